The van der Waals surface area contributed by atoms with Crippen molar-refractivity contribution in [2.75, 3.05) is 6.61 Å². The summed E-state index contributed by atoms with van der Waals surface area (Å²) in [6.45, 7) is 4.76. The van der Waals surface area contributed by atoms with Gasteiger partial charge in [0.2, 0.25) is 0 Å². The van der Waals surface area contributed by atoms with Crippen LogP contribution in [0.25, 0.3) is 11.4 Å². The average Bonchev–Trinajstić information content (AvgIpc) is 2.74. The SMILES string of the molecule is CCCCCCCCOc1cnc(-c2ccc(C#CCCCC(C)O)cc2)nc1. The van der Waals surface area contributed by atoms with Crippen molar-refractivity contribution < 1.29 is 9.84 Å². The maximum Gasteiger partial charge on any atom is 0.159 e. The Labute approximate surface area is 175 Å². The topological polar surface area (TPSA) is 55.2 Å². The van der Waals surface area contributed by atoms with Gasteiger partial charge in [-0.25, -0.2) is 9.97 Å². The smallest absolute Gasteiger partial charge is 0.159 e. The molecule has 0 amide bonds. The van der Waals surface area contributed by atoms with E-state index in [4.69, 9.17) is 4.74 Å². The molecule has 4 heteroatoms. The molecule has 0 aliphatic rings. The molecule has 1 N–H and O–H groups in total. The van der Waals surface area contributed by atoms with Crippen LogP contribution in [0.4, 0.5) is 0 Å². The van der Waals surface area contributed by atoms with E-state index in [0.29, 0.717) is 5.82 Å². The van der Waals surface area contributed by atoms with E-state index in [0.717, 1.165) is 49.2 Å². The molecule has 0 bridgehead atoms. The lowest BCUT2D eigenvalue weighted by molar-refractivity contribution is 0.182. The van der Waals surface area contributed by atoms with Crippen molar-refractivity contribution in [1.29, 1.82) is 0 Å². The molecule has 0 aliphatic carbocycles. The first kappa shape index (κ1) is 22.9. The summed E-state index contributed by atoms with van der Waals surface area (Å²) in [5.41, 5.74) is 1.94. The zero-order valence-corrected chi connectivity index (χ0v) is 17.9. The van der Waals surface area contributed by atoms with Gasteiger partial charge in [-0.3, -0.25) is 0 Å². The van der Waals surface area contributed by atoms with Crippen LogP contribution in [-0.4, -0.2) is 27.8 Å². The van der Waals surface area contributed by atoms with Crippen molar-refractivity contribution in [3.8, 4) is 29.0 Å². The van der Waals surface area contributed by atoms with E-state index >= 15 is 0 Å². The van der Waals surface area contributed by atoms with Gasteiger partial charge >= 0.3 is 0 Å². The van der Waals surface area contributed by atoms with Gasteiger partial charge in [-0.2, -0.15) is 0 Å². The average molecular weight is 395 g/mol. The van der Waals surface area contributed by atoms with Crippen LogP contribution in [0.15, 0.2) is 36.7 Å². The molecule has 0 fully saturated rings. The normalized spacial score (nSPS) is 11.6. The quantitative estimate of drug-likeness (QED) is 0.366. The van der Waals surface area contributed by atoms with E-state index < -0.39 is 0 Å². The Balaban J connectivity index is 1.75. The van der Waals surface area contributed by atoms with Crippen LogP contribution < -0.4 is 4.74 Å². The third kappa shape index (κ3) is 9.58. The maximum atomic E-state index is 9.25. The van der Waals surface area contributed by atoms with Crippen LogP contribution in [0.5, 0.6) is 5.75 Å². The predicted octanol–water partition coefficient (Wildman–Crippen LogP) is 5.79. The highest BCUT2D eigenvalue weighted by atomic mass is 16.5. The van der Waals surface area contributed by atoms with Gasteiger partial charge < -0.3 is 9.84 Å². The molecule has 156 valence electrons. The van der Waals surface area contributed by atoms with E-state index in [1.54, 1.807) is 12.4 Å². The Morgan fingerprint density at radius 3 is 2.34 bits per heavy atom. The largest absolute Gasteiger partial charge is 0.490 e. The lowest BCUT2D eigenvalue weighted by atomic mass is 10.1. The molecule has 0 spiro atoms. The third-order valence-electron chi connectivity index (χ3n) is 4.69. The summed E-state index contributed by atoms with van der Waals surface area (Å²) >= 11 is 0. The van der Waals surface area contributed by atoms with Crippen molar-refractivity contribution in [2.45, 2.75) is 77.7 Å². The number of aliphatic hydroxyl groups is 1. The first-order chi connectivity index (χ1) is 14.2. The minimum absolute atomic E-state index is 0.247. The second kappa shape index (κ2) is 13.7. The number of nitrogens with zero attached hydrogens (tertiary/aromatic N) is 2. The molecule has 1 atom stereocenters. The third-order valence-corrected chi connectivity index (χ3v) is 4.69. The maximum absolute atomic E-state index is 9.25. The molecule has 2 aromatic rings. The minimum Gasteiger partial charge on any atom is -0.490 e. The standard InChI is InChI=1S/C25H34N2O2/c1-3-4-5-6-7-11-18-29-24-19-26-25(27-20-24)23-16-14-22(15-17-23)13-10-8-9-12-21(2)28/h14-17,19-21,28H,3-9,11-12,18H2,1-2H3. The fourth-order valence-electron chi connectivity index (χ4n) is 2.97. The number of hydrogen-bond acceptors (Lipinski definition) is 4. The molecule has 0 aliphatic heterocycles. The molecule has 0 saturated carbocycles. The van der Waals surface area contributed by atoms with Crippen molar-refractivity contribution in [3.63, 3.8) is 0 Å². The summed E-state index contributed by atoms with van der Waals surface area (Å²) in [7, 11) is 0. The number of unbranched alkanes of at least 4 members (excludes halogenated alkanes) is 6. The van der Waals surface area contributed by atoms with Crippen molar-refractivity contribution in [1.82, 2.24) is 9.97 Å². The summed E-state index contributed by atoms with van der Waals surface area (Å²) < 4.78 is 5.74. The highest BCUT2D eigenvalue weighted by molar-refractivity contribution is 5.56. The van der Waals surface area contributed by atoms with E-state index in [9.17, 15) is 5.11 Å². The van der Waals surface area contributed by atoms with E-state index in [-0.39, 0.29) is 6.10 Å². The molecule has 1 unspecified atom stereocenters. The number of rotatable bonds is 12. The highest BCUT2D eigenvalue weighted by Crippen LogP contribution is 2.17. The summed E-state index contributed by atoms with van der Waals surface area (Å²) in [6.07, 6.45) is 13.3. The molecular weight excluding hydrogens is 360 g/mol. The molecule has 4 nitrogen and oxygen atoms in total. The Kier molecular flexibility index (Phi) is 10.9. The Bertz CT molecular complexity index is 743. The van der Waals surface area contributed by atoms with Crippen molar-refractivity contribution >= 4 is 0 Å². The highest BCUT2D eigenvalue weighted by Gasteiger charge is 2.02. The predicted molar refractivity (Wildman–Crippen MR) is 119 cm³/mol. The Morgan fingerprint density at radius 1 is 0.966 bits per heavy atom. The van der Waals surface area contributed by atoms with Gasteiger partial charge in [0.1, 0.15) is 0 Å². The molecular formula is C25H34N2O2. The molecule has 1 aromatic heterocycles. The second-order valence-electron chi connectivity index (χ2n) is 7.48. The Morgan fingerprint density at radius 2 is 1.66 bits per heavy atom. The first-order valence-electron chi connectivity index (χ1n) is 10.9. The van der Waals surface area contributed by atoms with Crippen LogP contribution in [0.3, 0.4) is 0 Å². The molecule has 1 heterocycles. The molecule has 2 rings (SSSR count). The fourth-order valence-corrected chi connectivity index (χ4v) is 2.97. The van der Waals surface area contributed by atoms with E-state index in [1.807, 2.05) is 31.2 Å². The lowest BCUT2D eigenvalue weighted by Gasteiger charge is -2.06. The summed E-state index contributed by atoms with van der Waals surface area (Å²) in [6, 6.07) is 7.96. The first-order valence-corrected chi connectivity index (χ1v) is 10.9. The van der Waals surface area contributed by atoms with Gasteiger partial charge in [0, 0.05) is 17.5 Å². The van der Waals surface area contributed by atoms with E-state index in [1.165, 1.54) is 32.1 Å². The number of aromatic nitrogens is 2. The molecule has 0 saturated heterocycles. The van der Waals surface area contributed by atoms with Gasteiger partial charge in [0.05, 0.1) is 25.1 Å². The number of ether oxygens (including phenoxy) is 1. The van der Waals surface area contributed by atoms with Gasteiger partial charge in [0.25, 0.3) is 0 Å². The summed E-state index contributed by atoms with van der Waals surface area (Å²) in [5.74, 6) is 7.72. The van der Waals surface area contributed by atoms with Crippen LogP contribution in [0, 0.1) is 11.8 Å². The fraction of sp³-hybridized carbons (Fsp3) is 0.520. The number of hydrogen-bond donors (Lipinski definition) is 1. The molecule has 0 radical (unpaired) electrons. The van der Waals surface area contributed by atoms with Crippen molar-refractivity contribution in [3.05, 3.63) is 42.2 Å². The van der Waals surface area contributed by atoms with Gasteiger partial charge in [-0.1, -0.05) is 50.9 Å². The number of aliphatic hydroxyl groups excluding tert-OH is 1. The van der Waals surface area contributed by atoms with Gasteiger partial charge in [0.15, 0.2) is 11.6 Å². The molecule has 1 aromatic carbocycles. The zero-order valence-electron chi connectivity index (χ0n) is 17.9. The zero-order chi connectivity index (χ0) is 20.7. The monoisotopic (exact) mass is 394 g/mol. The lowest BCUT2D eigenvalue weighted by Crippen LogP contribution is -1.99. The summed E-state index contributed by atoms with van der Waals surface area (Å²) in [5, 5.41) is 9.25. The van der Waals surface area contributed by atoms with Crippen LogP contribution in [-0.2, 0) is 0 Å². The van der Waals surface area contributed by atoms with Crippen LogP contribution >= 0.6 is 0 Å². The molecule has 29 heavy (non-hydrogen) atoms. The number of benzene rings is 1. The van der Waals surface area contributed by atoms with Gasteiger partial charge in [-0.05, 0) is 50.5 Å². The van der Waals surface area contributed by atoms with Gasteiger partial charge in [-0.15, -0.1) is 0 Å². The van der Waals surface area contributed by atoms with Crippen LogP contribution in [0.2, 0.25) is 0 Å². The minimum atomic E-state index is -0.247. The van der Waals surface area contributed by atoms with E-state index in [2.05, 4.69) is 28.7 Å². The summed E-state index contributed by atoms with van der Waals surface area (Å²) in [4.78, 5) is 8.85. The second-order valence-corrected chi connectivity index (χ2v) is 7.48. The van der Waals surface area contributed by atoms with Crippen LogP contribution in [0.1, 0.15) is 77.2 Å². The van der Waals surface area contributed by atoms with Crippen molar-refractivity contribution in [2.24, 2.45) is 0 Å². The Hall–Kier alpha value is -2.38.